The van der Waals surface area contributed by atoms with Crippen molar-refractivity contribution in [1.82, 2.24) is 4.90 Å². The number of methoxy groups -OCH3 is 1. The van der Waals surface area contributed by atoms with E-state index >= 15 is 0 Å². The molecule has 0 aromatic heterocycles. The average Bonchev–Trinajstić information content (AvgIpc) is 3.35. The van der Waals surface area contributed by atoms with Crippen LogP contribution in [0.4, 0.5) is 21.9 Å². The maximum Gasteiger partial charge on any atom is 0.326 e. The molecule has 9 heteroatoms. The van der Waals surface area contributed by atoms with Gasteiger partial charge in [-0.25, -0.2) is 13.2 Å². The van der Waals surface area contributed by atoms with Crippen LogP contribution in [0.25, 0.3) is 0 Å². The van der Waals surface area contributed by atoms with Crippen molar-refractivity contribution < 1.29 is 17.9 Å². The summed E-state index contributed by atoms with van der Waals surface area (Å²) in [5.41, 5.74) is 4.29. The summed E-state index contributed by atoms with van der Waals surface area (Å²) in [5.74, 6) is 0.594. The van der Waals surface area contributed by atoms with Crippen molar-refractivity contribution in [2.75, 3.05) is 47.5 Å². The molecular formula is C29H34N4O4S. The van der Waals surface area contributed by atoms with Crippen molar-refractivity contribution in [1.29, 1.82) is 0 Å². The molecule has 200 valence electrons. The number of hydrogen-bond acceptors (Lipinski definition) is 5. The maximum atomic E-state index is 13.8. The van der Waals surface area contributed by atoms with Crippen LogP contribution >= 0.6 is 0 Å². The van der Waals surface area contributed by atoms with E-state index < -0.39 is 10.0 Å². The van der Waals surface area contributed by atoms with E-state index in [1.165, 1.54) is 16.1 Å². The monoisotopic (exact) mass is 534 g/mol. The van der Waals surface area contributed by atoms with Crippen LogP contribution in [0.15, 0.2) is 72.8 Å². The van der Waals surface area contributed by atoms with Crippen molar-refractivity contribution in [2.45, 2.75) is 31.8 Å². The van der Waals surface area contributed by atoms with Gasteiger partial charge in [0.1, 0.15) is 5.75 Å². The fraction of sp³-hybridized carbons (Fsp3) is 0.345. The molecule has 2 heterocycles. The number of anilines is 3. The number of carbonyl (C=O) groups is 1. The van der Waals surface area contributed by atoms with Crippen LogP contribution in [0, 0.1) is 0 Å². The number of amides is 2. The molecule has 8 nitrogen and oxygen atoms in total. The molecule has 0 unspecified atom stereocenters. The highest BCUT2D eigenvalue weighted by Gasteiger charge is 2.32. The molecule has 0 spiro atoms. The van der Waals surface area contributed by atoms with Gasteiger partial charge in [-0.05, 0) is 60.7 Å². The van der Waals surface area contributed by atoms with Crippen LogP contribution in [0.1, 0.15) is 24.0 Å². The van der Waals surface area contributed by atoms with E-state index in [1.807, 2.05) is 53.4 Å². The molecular weight excluding hydrogens is 500 g/mol. The van der Waals surface area contributed by atoms with Crippen molar-refractivity contribution in [2.24, 2.45) is 0 Å². The summed E-state index contributed by atoms with van der Waals surface area (Å²) in [4.78, 5) is 18.1. The summed E-state index contributed by atoms with van der Waals surface area (Å²) in [6.07, 6.45) is 3.51. The number of fused-ring (bicyclic) bond motifs is 1. The lowest BCUT2D eigenvalue weighted by Crippen LogP contribution is -2.49. The molecule has 1 saturated heterocycles. The Balaban J connectivity index is 1.40. The van der Waals surface area contributed by atoms with Crippen molar-refractivity contribution in [3.05, 3.63) is 83.9 Å². The molecule has 0 radical (unpaired) electrons. The predicted octanol–water partition coefficient (Wildman–Crippen LogP) is 4.72. The van der Waals surface area contributed by atoms with Gasteiger partial charge in [0.05, 0.1) is 24.7 Å². The van der Waals surface area contributed by atoms with Gasteiger partial charge in [0.25, 0.3) is 0 Å². The third kappa shape index (κ3) is 5.63. The molecule has 3 aromatic carbocycles. The zero-order chi connectivity index (χ0) is 26.7. The van der Waals surface area contributed by atoms with E-state index in [1.54, 1.807) is 7.11 Å². The number of ether oxygens (including phenoxy) is 1. The Bertz CT molecular complexity index is 1390. The fourth-order valence-corrected chi connectivity index (χ4v) is 6.41. The third-order valence-electron chi connectivity index (χ3n) is 7.33. The summed E-state index contributed by atoms with van der Waals surface area (Å²) in [6, 6.07) is 23.2. The largest absolute Gasteiger partial charge is 0.495 e. The van der Waals surface area contributed by atoms with Gasteiger partial charge in [-0.15, -0.1) is 0 Å². The second kappa shape index (κ2) is 11.0. The highest BCUT2D eigenvalue weighted by atomic mass is 32.2. The molecule has 2 amide bonds. The van der Waals surface area contributed by atoms with Crippen molar-refractivity contribution >= 4 is 33.1 Å². The molecule has 0 atom stereocenters. The number of sulfonamides is 1. The second-order valence-electron chi connectivity index (χ2n) is 9.89. The number of likely N-dealkylation sites (tertiary alicyclic amines) is 1. The highest BCUT2D eigenvalue weighted by Crippen LogP contribution is 2.35. The van der Waals surface area contributed by atoms with Crippen LogP contribution < -0.4 is 19.3 Å². The molecule has 2 aliphatic heterocycles. The number of rotatable bonds is 7. The van der Waals surface area contributed by atoms with Crippen LogP contribution in [0.3, 0.4) is 0 Å². The van der Waals surface area contributed by atoms with E-state index in [-0.39, 0.29) is 12.1 Å². The lowest BCUT2D eigenvalue weighted by atomic mass is 10.0. The Morgan fingerprint density at radius 2 is 1.71 bits per heavy atom. The van der Waals surface area contributed by atoms with Gasteiger partial charge in [0.15, 0.2) is 0 Å². The van der Waals surface area contributed by atoms with Crippen LogP contribution in [0.2, 0.25) is 0 Å². The summed E-state index contributed by atoms with van der Waals surface area (Å²) in [6.45, 7) is 3.07. The Morgan fingerprint density at radius 1 is 1.00 bits per heavy atom. The van der Waals surface area contributed by atoms with Crippen LogP contribution in [-0.2, 0) is 23.0 Å². The van der Waals surface area contributed by atoms with Gasteiger partial charge >= 0.3 is 6.03 Å². The molecule has 0 bridgehead atoms. The zero-order valence-corrected chi connectivity index (χ0v) is 22.7. The first-order chi connectivity index (χ1) is 18.3. The third-order valence-corrected chi connectivity index (χ3v) is 8.51. The molecule has 3 aromatic rings. The summed E-state index contributed by atoms with van der Waals surface area (Å²) < 4.78 is 31.3. The van der Waals surface area contributed by atoms with Gasteiger partial charge < -0.3 is 10.1 Å². The Labute approximate surface area is 224 Å². The van der Waals surface area contributed by atoms with Gasteiger partial charge in [0.2, 0.25) is 10.0 Å². The van der Waals surface area contributed by atoms with Crippen LogP contribution in [0.5, 0.6) is 5.75 Å². The normalized spacial score (nSPS) is 16.2. The number of carbonyl (C=O) groups excluding carboxylic acids is 1. The van der Waals surface area contributed by atoms with Gasteiger partial charge in [-0.3, -0.25) is 14.1 Å². The Kier molecular flexibility index (Phi) is 7.58. The van der Waals surface area contributed by atoms with Crippen molar-refractivity contribution in [3.8, 4) is 5.75 Å². The zero-order valence-electron chi connectivity index (χ0n) is 21.8. The van der Waals surface area contributed by atoms with E-state index in [0.29, 0.717) is 30.1 Å². The number of urea groups is 1. The van der Waals surface area contributed by atoms with Crippen molar-refractivity contribution in [3.63, 3.8) is 0 Å². The summed E-state index contributed by atoms with van der Waals surface area (Å²) >= 11 is 0. The summed E-state index contributed by atoms with van der Waals surface area (Å²) in [5, 5.41) is 3.05. The molecule has 1 N–H and O–H groups in total. The number of nitrogens with zero attached hydrogens (tertiary/aromatic N) is 3. The lowest BCUT2D eigenvalue weighted by molar-refractivity contribution is 0.199. The molecule has 0 saturated carbocycles. The van der Waals surface area contributed by atoms with E-state index in [9.17, 15) is 13.2 Å². The van der Waals surface area contributed by atoms with Gasteiger partial charge in [-0.1, -0.05) is 42.5 Å². The Hall–Kier alpha value is -3.56. The minimum atomic E-state index is -3.35. The van der Waals surface area contributed by atoms with Gasteiger partial charge in [0, 0.05) is 37.9 Å². The summed E-state index contributed by atoms with van der Waals surface area (Å²) in [7, 11) is -1.76. The minimum absolute atomic E-state index is 0.00203. The first-order valence-corrected chi connectivity index (χ1v) is 14.8. The minimum Gasteiger partial charge on any atom is -0.495 e. The molecule has 1 fully saturated rings. The van der Waals surface area contributed by atoms with Crippen LogP contribution in [-0.4, -0.2) is 58.4 Å². The number of piperidine rings is 1. The average molecular weight is 535 g/mol. The molecule has 0 aliphatic carbocycles. The Morgan fingerprint density at radius 3 is 2.42 bits per heavy atom. The van der Waals surface area contributed by atoms with E-state index in [4.69, 9.17) is 4.74 Å². The molecule has 5 rings (SSSR count). The smallest absolute Gasteiger partial charge is 0.326 e. The van der Waals surface area contributed by atoms with E-state index in [0.717, 1.165) is 43.7 Å². The van der Waals surface area contributed by atoms with Gasteiger partial charge in [-0.2, -0.15) is 0 Å². The quantitative estimate of drug-likeness (QED) is 0.474. The first-order valence-electron chi connectivity index (χ1n) is 12.9. The van der Waals surface area contributed by atoms with E-state index in [2.05, 4.69) is 34.5 Å². The molecule has 38 heavy (non-hydrogen) atoms. The SMILES string of the molecule is COc1ccccc1NC(=O)N(c1ccc2c(c1)CCN2S(C)(=O)=O)C1CCN(Cc2ccccc2)CC1. The highest BCUT2D eigenvalue weighted by molar-refractivity contribution is 7.92. The fourth-order valence-electron chi connectivity index (χ4n) is 5.45. The number of nitrogens with one attached hydrogen (secondary N) is 1. The number of benzene rings is 3. The standard InChI is InChI=1S/C29H34N4O4S/c1-37-28-11-7-6-10-26(28)30-29(34)33(24-15-17-31(18-16-24)21-22-8-4-3-5-9-22)25-12-13-27-23(20-25)14-19-32(27)38(2,35)36/h3-13,20,24H,14-19,21H2,1-2H3,(H,30,34). The maximum absolute atomic E-state index is 13.8. The predicted molar refractivity (Wildman–Crippen MR) is 152 cm³/mol. The number of hydrogen-bond donors (Lipinski definition) is 1. The molecule has 2 aliphatic rings. The lowest BCUT2D eigenvalue weighted by Gasteiger charge is -2.38. The number of para-hydroxylation sites is 2. The second-order valence-corrected chi connectivity index (χ2v) is 11.8. The topological polar surface area (TPSA) is 82.2 Å². The first kappa shape index (κ1) is 26.1.